The average Bonchev–Trinajstić information content (AvgIpc) is 2.32. The summed E-state index contributed by atoms with van der Waals surface area (Å²) in [7, 11) is 0. The molecule has 0 saturated heterocycles. The van der Waals surface area contributed by atoms with Crippen LogP contribution in [0.15, 0.2) is 30.3 Å². The Morgan fingerprint density at radius 2 is 1.72 bits per heavy atom. The van der Waals surface area contributed by atoms with Crippen LogP contribution in [-0.4, -0.2) is 0 Å². The number of rotatable bonds is 2. The van der Waals surface area contributed by atoms with Crippen LogP contribution in [0.25, 0.3) is 11.1 Å². The zero-order valence-corrected chi connectivity index (χ0v) is 11.1. The molecule has 93 valence electrons. The summed E-state index contributed by atoms with van der Waals surface area (Å²) < 4.78 is 13.5. The zero-order valence-electron chi connectivity index (χ0n) is 9.64. The Morgan fingerprint density at radius 1 is 1.11 bits per heavy atom. The summed E-state index contributed by atoms with van der Waals surface area (Å²) in [5.74, 6) is -0.491. The van der Waals surface area contributed by atoms with E-state index in [2.05, 4.69) is 0 Å². The van der Waals surface area contributed by atoms with E-state index in [1.54, 1.807) is 31.2 Å². The monoisotopic (exact) mass is 283 g/mol. The Bertz CT molecular complexity index is 576. The van der Waals surface area contributed by atoms with Crippen molar-refractivity contribution in [2.45, 2.75) is 13.5 Å². The minimum Gasteiger partial charge on any atom is -0.231 e. The molecule has 0 aromatic heterocycles. The summed E-state index contributed by atoms with van der Waals surface area (Å²) in [5.41, 5.74) is 2.06. The van der Waals surface area contributed by atoms with Crippen LogP contribution < -0.4 is 0 Å². The standard InChI is InChI=1S/C14H10Cl2FO/c1-8-9(5-6-13(17)10(8)7-18)14-11(15)3-2-4-12(14)16/h2-6H,7H2,1H3. The fraction of sp³-hybridized carbons (Fsp3) is 0.143. The van der Waals surface area contributed by atoms with Gasteiger partial charge >= 0.3 is 0 Å². The van der Waals surface area contributed by atoms with Crippen LogP contribution in [0.1, 0.15) is 11.1 Å². The number of hydrogen-bond acceptors (Lipinski definition) is 0. The summed E-state index contributed by atoms with van der Waals surface area (Å²) in [5, 5.41) is 12.0. The van der Waals surface area contributed by atoms with E-state index in [1.165, 1.54) is 6.07 Å². The maximum absolute atomic E-state index is 13.5. The smallest absolute Gasteiger partial charge is 0.129 e. The summed E-state index contributed by atoms with van der Waals surface area (Å²) in [6, 6.07) is 8.03. The normalized spacial score (nSPS) is 10.7. The summed E-state index contributed by atoms with van der Waals surface area (Å²) in [6.07, 6.45) is 0. The Kier molecular flexibility index (Phi) is 3.91. The second kappa shape index (κ2) is 5.27. The van der Waals surface area contributed by atoms with Gasteiger partial charge in [0, 0.05) is 21.2 Å². The number of halogens is 3. The Hall–Kier alpha value is -1.09. The fourth-order valence-corrected chi connectivity index (χ4v) is 2.53. The van der Waals surface area contributed by atoms with Crippen LogP contribution >= 0.6 is 23.2 Å². The van der Waals surface area contributed by atoms with Crippen molar-refractivity contribution in [3.63, 3.8) is 0 Å². The molecule has 1 radical (unpaired) electrons. The highest BCUT2D eigenvalue weighted by Gasteiger charge is 2.15. The summed E-state index contributed by atoms with van der Waals surface area (Å²) in [6.45, 7) is 1.10. The molecule has 0 aliphatic carbocycles. The molecule has 2 aromatic rings. The molecule has 0 unspecified atom stereocenters. The third kappa shape index (κ3) is 2.24. The molecule has 0 aliphatic heterocycles. The van der Waals surface area contributed by atoms with Crippen molar-refractivity contribution in [3.8, 4) is 11.1 Å². The first-order chi connectivity index (χ1) is 8.56. The molecule has 0 fully saturated rings. The van der Waals surface area contributed by atoms with Gasteiger partial charge in [0.2, 0.25) is 0 Å². The van der Waals surface area contributed by atoms with Crippen LogP contribution in [-0.2, 0) is 11.7 Å². The van der Waals surface area contributed by atoms with Gasteiger partial charge in [-0.2, -0.15) is 0 Å². The zero-order chi connectivity index (χ0) is 13.3. The second-order valence-electron chi connectivity index (χ2n) is 3.94. The average molecular weight is 284 g/mol. The van der Waals surface area contributed by atoms with Gasteiger partial charge in [-0.3, -0.25) is 0 Å². The van der Waals surface area contributed by atoms with Crippen molar-refractivity contribution in [1.82, 2.24) is 0 Å². The Balaban J connectivity index is 2.73. The summed E-state index contributed by atoms with van der Waals surface area (Å²) in [4.78, 5) is 0. The van der Waals surface area contributed by atoms with Crippen LogP contribution in [0.5, 0.6) is 0 Å². The van der Waals surface area contributed by atoms with Crippen molar-refractivity contribution in [2.24, 2.45) is 0 Å². The van der Waals surface area contributed by atoms with Crippen molar-refractivity contribution in [2.75, 3.05) is 0 Å². The minimum atomic E-state index is -0.604. The van der Waals surface area contributed by atoms with E-state index < -0.39 is 12.4 Å². The predicted octanol–water partition coefficient (Wildman–Crippen LogP) is 5.04. The van der Waals surface area contributed by atoms with Gasteiger partial charge in [0.1, 0.15) is 12.4 Å². The van der Waals surface area contributed by atoms with E-state index in [0.717, 1.165) is 0 Å². The van der Waals surface area contributed by atoms with Crippen molar-refractivity contribution in [1.29, 1.82) is 0 Å². The SMILES string of the molecule is Cc1c(-c2c(Cl)cccc2Cl)ccc(F)c1C[O]. The molecule has 4 heteroatoms. The topological polar surface area (TPSA) is 19.9 Å². The van der Waals surface area contributed by atoms with Gasteiger partial charge < -0.3 is 0 Å². The molecular weight excluding hydrogens is 274 g/mol. The fourth-order valence-electron chi connectivity index (χ4n) is 1.93. The number of hydrogen-bond donors (Lipinski definition) is 0. The van der Waals surface area contributed by atoms with E-state index in [1.807, 2.05) is 0 Å². The van der Waals surface area contributed by atoms with Gasteiger partial charge in [0.25, 0.3) is 0 Å². The predicted molar refractivity (Wildman–Crippen MR) is 71.0 cm³/mol. The van der Waals surface area contributed by atoms with Crippen LogP contribution in [0.2, 0.25) is 10.0 Å². The molecule has 0 atom stereocenters. The van der Waals surface area contributed by atoms with Gasteiger partial charge in [0.15, 0.2) is 0 Å². The lowest BCUT2D eigenvalue weighted by molar-refractivity contribution is 0.173. The van der Waals surface area contributed by atoms with E-state index in [0.29, 0.717) is 26.7 Å². The van der Waals surface area contributed by atoms with Gasteiger partial charge in [0.05, 0.1) is 0 Å². The highest BCUT2D eigenvalue weighted by atomic mass is 35.5. The van der Waals surface area contributed by atoms with Gasteiger partial charge in [-0.25, -0.2) is 9.50 Å². The molecule has 1 nitrogen and oxygen atoms in total. The summed E-state index contributed by atoms with van der Waals surface area (Å²) >= 11 is 12.2. The third-order valence-corrected chi connectivity index (χ3v) is 3.55. The minimum absolute atomic E-state index is 0.156. The van der Waals surface area contributed by atoms with Crippen LogP contribution in [0, 0.1) is 12.7 Å². The molecule has 2 rings (SSSR count). The first-order valence-electron chi connectivity index (χ1n) is 5.36. The molecular formula is C14H10Cl2FO. The van der Waals surface area contributed by atoms with E-state index in [-0.39, 0.29) is 5.56 Å². The molecule has 0 bridgehead atoms. The van der Waals surface area contributed by atoms with Gasteiger partial charge in [-0.1, -0.05) is 35.3 Å². The maximum atomic E-state index is 13.5. The molecule has 18 heavy (non-hydrogen) atoms. The lowest BCUT2D eigenvalue weighted by atomic mass is 9.96. The maximum Gasteiger partial charge on any atom is 0.129 e. The number of benzene rings is 2. The van der Waals surface area contributed by atoms with E-state index in [9.17, 15) is 9.50 Å². The highest BCUT2D eigenvalue weighted by molar-refractivity contribution is 6.39. The quantitative estimate of drug-likeness (QED) is 0.736. The third-order valence-electron chi connectivity index (χ3n) is 2.92. The molecule has 0 saturated carbocycles. The highest BCUT2D eigenvalue weighted by Crippen LogP contribution is 2.37. The molecule has 0 aliphatic rings. The van der Waals surface area contributed by atoms with Crippen molar-refractivity contribution < 1.29 is 9.50 Å². The van der Waals surface area contributed by atoms with Gasteiger partial charge in [-0.15, -0.1) is 0 Å². The molecule has 0 amide bonds. The second-order valence-corrected chi connectivity index (χ2v) is 4.75. The van der Waals surface area contributed by atoms with E-state index in [4.69, 9.17) is 23.2 Å². The van der Waals surface area contributed by atoms with E-state index >= 15 is 0 Å². The first kappa shape index (κ1) is 13.3. The lowest BCUT2D eigenvalue weighted by Crippen LogP contribution is -1.97. The Labute approximate surface area is 115 Å². The first-order valence-corrected chi connectivity index (χ1v) is 6.12. The van der Waals surface area contributed by atoms with Crippen molar-refractivity contribution in [3.05, 3.63) is 57.3 Å². The molecule has 2 aromatic carbocycles. The van der Waals surface area contributed by atoms with Crippen LogP contribution in [0.4, 0.5) is 4.39 Å². The van der Waals surface area contributed by atoms with Crippen LogP contribution in [0.3, 0.4) is 0 Å². The van der Waals surface area contributed by atoms with Gasteiger partial charge in [-0.05, 0) is 36.2 Å². The molecule has 0 heterocycles. The molecule has 0 spiro atoms. The Morgan fingerprint density at radius 3 is 2.28 bits per heavy atom. The van der Waals surface area contributed by atoms with Crippen molar-refractivity contribution >= 4 is 23.2 Å². The molecule has 0 N–H and O–H groups in total. The lowest BCUT2D eigenvalue weighted by Gasteiger charge is -2.13. The largest absolute Gasteiger partial charge is 0.231 e.